The molecule has 110 valence electrons. The third kappa shape index (κ3) is 5.89. The maximum atomic E-state index is 11.6. The fourth-order valence-corrected chi connectivity index (χ4v) is 2.47. The van der Waals surface area contributed by atoms with Crippen LogP contribution in [0.15, 0.2) is 0 Å². The van der Waals surface area contributed by atoms with Crippen LogP contribution in [0.5, 0.6) is 0 Å². The van der Waals surface area contributed by atoms with E-state index in [-0.39, 0.29) is 5.97 Å². The Balaban J connectivity index is 1.49. The molecule has 0 aromatic heterocycles. The molecule has 2 aliphatic heterocycles. The predicted octanol–water partition coefficient (Wildman–Crippen LogP) is 1.11. The van der Waals surface area contributed by atoms with Crippen LogP contribution in [0.3, 0.4) is 0 Å². The molecule has 0 unspecified atom stereocenters. The molecule has 19 heavy (non-hydrogen) atoms. The number of hydrogen-bond donors (Lipinski definition) is 1. The standard InChI is InChI=1S/C14H25NO4/c16-14(19-11-12-3-8-17-9-4-12)5-10-18-13-1-6-15-7-2-13/h12-13,15H,1-11H2. The molecule has 5 nitrogen and oxygen atoms in total. The highest BCUT2D eigenvalue weighted by atomic mass is 16.5. The van der Waals surface area contributed by atoms with Gasteiger partial charge in [0, 0.05) is 13.2 Å². The minimum atomic E-state index is -0.138. The molecule has 5 heteroatoms. The van der Waals surface area contributed by atoms with Crippen molar-refractivity contribution in [2.24, 2.45) is 5.92 Å². The monoisotopic (exact) mass is 271 g/mol. The normalized spacial score (nSPS) is 22.3. The predicted molar refractivity (Wildman–Crippen MR) is 71.0 cm³/mol. The number of rotatable bonds is 6. The van der Waals surface area contributed by atoms with E-state index in [1.807, 2.05) is 0 Å². The van der Waals surface area contributed by atoms with Gasteiger partial charge in [-0.3, -0.25) is 4.79 Å². The van der Waals surface area contributed by atoms with Crippen molar-refractivity contribution in [1.82, 2.24) is 5.32 Å². The fourth-order valence-electron chi connectivity index (χ4n) is 2.47. The summed E-state index contributed by atoms with van der Waals surface area (Å²) in [6.07, 6.45) is 4.75. The van der Waals surface area contributed by atoms with Gasteiger partial charge in [-0.25, -0.2) is 0 Å². The van der Waals surface area contributed by atoms with Crippen LogP contribution in [0.1, 0.15) is 32.1 Å². The third-order valence-electron chi connectivity index (χ3n) is 3.77. The Morgan fingerprint density at radius 3 is 2.63 bits per heavy atom. The summed E-state index contributed by atoms with van der Waals surface area (Å²) in [7, 11) is 0. The summed E-state index contributed by atoms with van der Waals surface area (Å²) in [4.78, 5) is 11.6. The quantitative estimate of drug-likeness (QED) is 0.734. The van der Waals surface area contributed by atoms with Crippen LogP contribution in [0.25, 0.3) is 0 Å². The van der Waals surface area contributed by atoms with Gasteiger partial charge in [0.1, 0.15) is 0 Å². The van der Waals surface area contributed by atoms with E-state index in [9.17, 15) is 4.79 Å². The molecule has 2 fully saturated rings. The van der Waals surface area contributed by atoms with Gasteiger partial charge in [-0.05, 0) is 44.7 Å². The minimum Gasteiger partial charge on any atom is -0.465 e. The summed E-state index contributed by atoms with van der Waals surface area (Å²) >= 11 is 0. The zero-order valence-electron chi connectivity index (χ0n) is 11.6. The van der Waals surface area contributed by atoms with Gasteiger partial charge in [-0.1, -0.05) is 0 Å². The first-order valence-electron chi connectivity index (χ1n) is 7.40. The van der Waals surface area contributed by atoms with Crippen LogP contribution in [0, 0.1) is 5.92 Å². The van der Waals surface area contributed by atoms with Crippen molar-refractivity contribution in [2.45, 2.75) is 38.2 Å². The van der Waals surface area contributed by atoms with Crippen molar-refractivity contribution < 1.29 is 19.0 Å². The Morgan fingerprint density at radius 2 is 1.89 bits per heavy atom. The summed E-state index contributed by atoms with van der Waals surface area (Å²) in [5, 5.41) is 3.29. The van der Waals surface area contributed by atoms with E-state index >= 15 is 0 Å². The molecule has 0 spiro atoms. The van der Waals surface area contributed by atoms with E-state index in [4.69, 9.17) is 14.2 Å². The van der Waals surface area contributed by atoms with Crippen molar-refractivity contribution in [2.75, 3.05) is 39.5 Å². The first kappa shape index (κ1) is 14.8. The summed E-state index contributed by atoms with van der Waals surface area (Å²) in [5.41, 5.74) is 0. The molecule has 0 bridgehead atoms. The first-order valence-corrected chi connectivity index (χ1v) is 7.40. The second-order valence-electron chi connectivity index (χ2n) is 5.31. The molecule has 2 saturated heterocycles. The highest BCUT2D eigenvalue weighted by Gasteiger charge is 2.17. The summed E-state index contributed by atoms with van der Waals surface area (Å²) in [5.74, 6) is 0.337. The Bertz CT molecular complexity index is 260. The maximum absolute atomic E-state index is 11.6. The van der Waals surface area contributed by atoms with Gasteiger partial charge in [0.2, 0.25) is 0 Å². The minimum absolute atomic E-state index is 0.138. The molecule has 0 amide bonds. The van der Waals surface area contributed by atoms with Gasteiger partial charge in [0.15, 0.2) is 0 Å². The third-order valence-corrected chi connectivity index (χ3v) is 3.77. The molecule has 2 aliphatic rings. The van der Waals surface area contributed by atoms with Crippen LogP contribution in [-0.4, -0.2) is 51.6 Å². The second-order valence-corrected chi connectivity index (χ2v) is 5.31. The van der Waals surface area contributed by atoms with Gasteiger partial charge in [0.05, 0.1) is 25.7 Å². The van der Waals surface area contributed by atoms with Gasteiger partial charge in [-0.15, -0.1) is 0 Å². The Kier molecular flexibility index (Phi) is 6.61. The highest BCUT2D eigenvalue weighted by Crippen LogP contribution is 2.15. The summed E-state index contributed by atoms with van der Waals surface area (Å²) in [6.45, 7) is 4.63. The molecule has 0 radical (unpaired) electrons. The molecule has 0 saturated carbocycles. The number of piperidine rings is 1. The summed E-state index contributed by atoms with van der Waals surface area (Å²) in [6, 6.07) is 0. The Hall–Kier alpha value is -0.650. The van der Waals surface area contributed by atoms with Gasteiger partial charge < -0.3 is 19.5 Å². The van der Waals surface area contributed by atoms with E-state index < -0.39 is 0 Å². The van der Waals surface area contributed by atoms with Crippen molar-refractivity contribution >= 4 is 5.97 Å². The average molecular weight is 271 g/mol. The van der Waals surface area contributed by atoms with E-state index in [1.54, 1.807) is 0 Å². The number of carbonyl (C=O) groups is 1. The second kappa shape index (κ2) is 8.51. The maximum Gasteiger partial charge on any atom is 0.308 e. The van der Waals surface area contributed by atoms with E-state index in [2.05, 4.69) is 5.32 Å². The zero-order valence-corrected chi connectivity index (χ0v) is 11.6. The molecule has 0 aromatic carbocycles. The number of hydrogen-bond acceptors (Lipinski definition) is 5. The fraction of sp³-hybridized carbons (Fsp3) is 0.929. The zero-order chi connectivity index (χ0) is 13.3. The van der Waals surface area contributed by atoms with E-state index in [1.165, 1.54) is 0 Å². The number of ether oxygens (including phenoxy) is 3. The number of esters is 1. The largest absolute Gasteiger partial charge is 0.465 e. The smallest absolute Gasteiger partial charge is 0.308 e. The lowest BCUT2D eigenvalue weighted by molar-refractivity contribution is -0.147. The first-order chi connectivity index (χ1) is 9.34. The van der Waals surface area contributed by atoms with Crippen LogP contribution in [0.4, 0.5) is 0 Å². The molecular formula is C14H25NO4. The van der Waals surface area contributed by atoms with Crippen LogP contribution < -0.4 is 5.32 Å². The molecule has 0 aliphatic carbocycles. The van der Waals surface area contributed by atoms with Gasteiger partial charge >= 0.3 is 5.97 Å². The molecule has 0 atom stereocenters. The number of nitrogens with one attached hydrogen (secondary N) is 1. The molecular weight excluding hydrogens is 246 g/mol. The lowest BCUT2D eigenvalue weighted by Crippen LogP contribution is -2.33. The van der Waals surface area contributed by atoms with Crippen LogP contribution in [0.2, 0.25) is 0 Å². The molecule has 2 heterocycles. The molecule has 2 rings (SSSR count). The van der Waals surface area contributed by atoms with Gasteiger partial charge in [-0.2, -0.15) is 0 Å². The average Bonchev–Trinajstić information content (AvgIpc) is 2.47. The van der Waals surface area contributed by atoms with Crippen molar-refractivity contribution in [1.29, 1.82) is 0 Å². The van der Waals surface area contributed by atoms with E-state index in [0.717, 1.165) is 52.0 Å². The van der Waals surface area contributed by atoms with Crippen LogP contribution >= 0.6 is 0 Å². The molecule has 0 aromatic rings. The Labute approximate surface area is 115 Å². The summed E-state index contributed by atoms with van der Waals surface area (Å²) < 4.78 is 16.2. The topological polar surface area (TPSA) is 56.8 Å². The van der Waals surface area contributed by atoms with E-state index in [0.29, 0.717) is 31.7 Å². The van der Waals surface area contributed by atoms with Crippen LogP contribution in [-0.2, 0) is 19.0 Å². The lowest BCUT2D eigenvalue weighted by Gasteiger charge is -2.23. The lowest BCUT2D eigenvalue weighted by atomic mass is 10.0. The van der Waals surface area contributed by atoms with Gasteiger partial charge in [0.25, 0.3) is 0 Å². The number of carbonyl (C=O) groups excluding carboxylic acids is 1. The SMILES string of the molecule is O=C(CCOC1CCNCC1)OCC1CCOCC1. The van der Waals surface area contributed by atoms with Crippen molar-refractivity contribution in [3.8, 4) is 0 Å². The molecule has 1 N–H and O–H groups in total. The van der Waals surface area contributed by atoms with Crippen molar-refractivity contribution in [3.05, 3.63) is 0 Å². The Morgan fingerprint density at radius 1 is 1.16 bits per heavy atom. The van der Waals surface area contributed by atoms with Crippen molar-refractivity contribution in [3.63, 3.8) is 0 Å². The highest BCUT2D eigenvalue weighted by molar-refractivity contribution is 5.69.